The van der Waals surface area contributed by atoms with Crippen LogP contribution in [0.15, 0.2) is 36.4 Å². The Labute approximate surface area is 208 Å². The van der Waals surface area contributed by atoms with Crippen LogP contribution in [-0.4, -0.2) is 51.7 Å². The van der Waals surface area contributed by atoms with Gasteiger partial charge in [0.1, 0.15) is 5.82 Å². The highest BCUT2D eigenvalue weighted by Crippen LogP contribution is 2.35. The van der Waals surface area contributed by atoms with E-state index in [2.05, 4.69) is 59.0 Å². The molecule has 1 amide bonds. The molecule has 0 radical (unpaired) electrons. The summed E-state index contributed by atoms with van der Waals surface area (Å²) in [5.41, 5.74) is 7.12. The molecule has 6 heteroatoms. The molecule has 0 spiro atoms. The van der Waals surface area contributed by atoms with Crippen LogP contribution in [0.1, 0.15) is 48.8 Å². The molecule has 0 saturated carbocycles. The number of aromatic nitrogens is 2. The number of rotatable bonds is 6. The Balaban J connectivity index is 1.24. The van der Waals surface area contributed by atoms with E-state index in [1.165, 1.54) is 22.2 Å². The number of nitrogens with zero attached hydrogens (tertiary/aromatic N) is 3. The maximum atomic E-state index is 12.1. The lowest BCUT2D eigenvalue weighted by Crippen LogP contribution is -2.44. The van der Waals surface area contributed by atoms with Gasteiger partial charge in [0, 0.05) is 49.8 Å². The molecular formula is C29H38N4O2. The molecule has 6 nitrogen and oxygen atoms in total. The van der Waals surface area contributed by atoms with Gasteiger partial charge in [0.2, 0.25) is 5.91 Å². The third-order valence-corrected chi connectivity index (χ3v) is 7.90. The number of piperidine rings is 1. The Morgan fingerprint density at radius 2 is 1.94 bits per heavy atom. The van der Waals surface area contributed by atoms with Crippen LogP contribution in [-0.2, 0) is 17.6 Å². The maximum Gasteiger partial charge on any atom is 0.226 e. The second-order valence-corrected chi connectivity index (χ2v) is 11.0. The minimum absolute atomic E-state index is 0.0217. The van der Waals surface area contributed by atoms with Crippen molar-refractivity contribution in [3.63, 3.8) is 0 Å². The number of likely N-dealkylation sites (tertiary alicyclic amines) is 1. The number of anilines is 1. The van der Waals surface area contributed by atoms with Crippen LogP contribution in [0.3, 0.4) is 0 Å². The molecule has 2 N–H and O–H groups in total. The number of amides is 1. The maximum absolute atomic E-state index is 12.1. The highest BCUT2D eigenvalue weighted by atomic mass is 16.3. The van der Waals surface area contributed by atoms with Gasteiger partial charge in [-0.25, -0.2) is 4.98 Å². The molecule has 5 rings (SSSR count). The minimum Gasteiger partial charge on any atom is -0.396 e. The summed E-state index contributed by atoms with van der Waals surface area (Å²) < 4.78 is 2.37. The van der Waals surface area contributed by atoms with Crippen LogP contribution in [0, 0.1) is 31.6 Å². The monoisotopic (exact) mass is 474 g/mol. The largest absolute Gasteiger partial charge is 0.396 e. The molecule has 1 aliphatic heterocycles. The number of fused-ring (bicyclic) bond motifs is 2. The number of imidazole rings is 1. The average molecular weight is 475 g/mol. The Hall–Kier alpha value is -2.70. The molecule has 2 aliphatic rings. The van der Waals surface area contributed by atoms with Gasteiger partial charge in [-0.05, 0) is 80.0 Å². The molecule has 3 atom stereocenters. The molecule has 35 heavy (non-hydrogen) atoms. The number of hydrogen-bond donors (Lipinski definition) is 2. The second-order valence-electron chi connectivity index (χ2n) is 11.0. The van der Waals surface area contributed by atoms with Crippen LogP contribution in [0.2, 0.25) is 0 Å². The molecular weight excluding hydrogens is 436 g/mol. The van der Waals surface area contributed by atoms with Gasteiger partial charge < -0.3 is 19.9 Å². The first-order chi connectivity index (χ1) is 16.8. The van der Waals surface area contributed by atoms with Crippen molar-refractivity contribution in [1.29, 1.82) is 0 Å². The zero-order chi connectivity index (χ0) is 24.7. The fourth-order valence-corrected chi connectivity index (χ4v) is 6.10. The fraction of sp³-hybridized carbons (Fsp3) is 0.517. The topological polar surface area (TPSA) is 70.4 Å². The van der Waals surface area contributed by atoms with Crippen LogP contribution in [0.5, 0.6) is 0 Å². The van der Waals surface area contributed by atoms with Gasteiger partial charge in [0.05, 0.1) is 11.0 Å². The van der Waals surface area contributed by atoms with Gasteiger partial charge in [-0.2, -0.15) is 0 Å². The highest BCUT2D eigenvalue weighted by molar-refractivity contribution is 5.92. The van der Waals surface area contributed by atoms with Gasteiger partial charge in [0.15, 0.2) is 0 Å². The summed E-state index contributed by atoms with van der Waals surface area (Å²) in [6, 6.07) is 13.1. The Morgan fingerprint density at radius 1 is 1.14 bits per heavy atom. The van der Waals surface area contributed by atoms with E-state index in [-0.39, 0.29) is 30.4 Å². The second kappa shape index (κ2) is 9.75. The van der Waals surface area contributed by atoms with Gasteiger partial charge in [-0.15, -0.1) is 0 Å². The number of hydrogen-bond acceptors (Lipinski definition) is 4. The zero-order valence-electron chi connectivity index (χ0n) is 21.4. The van der Waals surface area contributed by atoms with Crippen LogP contribution >= 0.6 is 0 Å². The third-order valence-electron chi connectivity index (χ3n) is 7.90. The SMILES string of the molecule is Cc1ccc2c(c1)nc(C)n2C1CCN(CC2Cc3ccc(NC(=O)C(C)C)cc3C2)C[C@H]1CO. The Bertz CT molecular complexity index is 1230. The van der Waals surface area contributed by atoms with E-state index in [0.717, 1.165) is 55.9 Å². The molecule has 1 aromatic heterocycles. The van der Waals surface area contributed by atoms with Crippen molar-refractivity contribution >= 4 is 22.6 Å². The van der Waals surface area contributed by atoms with Crippen LogP contribution in [0.25, 0.3) is 11.0 Å². The predicted octanol–water partition coefficient (Wildman–Crippen LogP) is 4.52. The number of carbonyl (C=O) groups is 1. The Morgan fingerprint density at radius 3 is 2.71 bits per heavy atom. The van der Waals surface area contributed by atoms with Crippen molar-refractivity contribution in [2.45, 2.75) is 53.0 Å². The molecule has 186 valence electrons. The molecule has 1 aliphatic carbocycles. The molecule has 2 unspecified atom stereocenters. The smallest absolute Gasteiger partial charge is 0.226 e. The van der Waals surface area contributed by atoms with E-state index in [1.807, 2.05) is 19.9 Å². The van der Waals surface area contributed by atoms with Crippen LogP contribution < -0.4 is 5.32 Å². The fourth-order valence-electron chi connectivity index (χ4n) is 6.10. The van der Waals surface area contributed by atoms with Crippen molar-refractivity contribution in [3.05, 3.63) is 58.9 Å². The first kappa shape index (κ1) is 24.0. The predicted molar refractivity (Wildman–Crippen MR) is 141 cm³/mol. The van der Waals surface area contributed by atoms with Crippen molar-refractivity contribution in [3.8, 4) is 0 Å². The van der Waals surface area contributed by atoms with Gasteiger partial charge in [0.25, 0.3) is 0 Å². The normalized spacial score (nSPS) is 22.6. The Kier molecular flexibility index (Phi) is 6.69. The third kappa shape index (κ3) is 4.87. The van der Waals surface area contributed by atoms with Gasteiger partial charge in [-0.3, -0.25) is 4.79 Å². The van der Waals surface area contributed by atoms with E-state index >= 15 is 0 Å². The summed E-state index contributed by atoms with van der Waals surface area (Å²) in [6.45, 7) is 11.2. The summed E-state index contributed by atoms with van der Waals surface area (Å²) in [5.74, 6) is 1.85. The van der Waals surface area contributed by atoms with E-state index in [9.17, 15) is 9.90 Å². The van der Waals surface area contributed by atoms with E-state index in [4.69, 9.17) is 4.98 Å². The first-order valence-electron chi connectivity index (χ1n) is 13.0. The van der Waals surface area contributed by atoms with E-state index in [0.29, 0.717) is 5.92 Å². The minimum atomic E-state index is -0.0217. The van der Waals surface area contributed by atoms with Crippen molar-refractivity contribution < 1.29 is 9.90 Å². The first-order valence-corrected chi connectivity index (χ1v) is 13.0. The van der Waals surface area contributed by atoms with Crippen LogP contribution in [0.4, 0.5) is 5.69 Å². The van der Waals surface area contributed by atoms with E-state index in [1.54, 1.807) is 0 Å². The summed E-state index contributed by atoms with van der Waals surface area (Å²) in [4.78, 5) is 19.4. The number of nitrogens with one attached hydrogen (secondary N) is 1. The lowest BCUT2D eigenvalue weighted by Gasteiger charge is -2.40. The van der Waals surface area contributed by atoms with Crippen molar-refractivity contribution in [2.24, 2.45) is 17.8 Å². The quantitative estimate of drug-likeness (QED) is 0.551. The molecule has 1 saturated heterocycles. The summed E-state index contributed by atoms with van der Waals surface area (Å²) in [5, 5.41) is 13.4. The number of benzene rings is 2. The average Bonchev–Trinajstić information content (AvgIpc) is 3.37. The lowest BCUT2D eigenvalue weighted by molar-refractivity contribution is -0.118. The molecule has 3 aromatic rings. The zero-order valence-corrected chi connectivity index (χ0v) is 21.4. The highest BCUT2D eigenvalue weighted by Gasteiger charge is 2.33. The van der Waals surface area contributed by atoms with E-state index < -0.39 is 0 Å². The van der Waals surface area contributed by atoms with Crippen molar-refractivity contribution in [2.75, 3.05) is 31.6 Å². The van der Waals surface area contributed by atoms with Gasteiger partial charge >= 0.3 is 0 Å². The summed E-state index contributed by atoms with van der Waals surface area (Å²) in [6.07, 6.45) is 3.16. The van der Waals surface area contributed by atoms with Gasteiger partial charge in [-0.1, -0.05) is 26.0 Å². The van der Waals surface area contributed by atoms with Crippen molar-refractivity contribution in [1.82, 2.24) is 14.5 Å². The molecule has 2 aromatic carbocycles. The number of aliphatic hydroxyl groups is 1. The molecule has 2 heterocycles. The number of aliphatic hydroxyl groups excluding tert-OH is 1. The number of aryl methyl sites for hydroxylation is 2. The molecule has 1 fully saturated rings. The standard InChI is InChI=1S/C29H38N4O2/c1-18(2)29(35)31-25-7-6-22-12-21(13-23(22)14-25)15-32-10-9-27(24(16-32)17-34)33-20(4)30-26-11-19(3)5-8-28(26)33/h5-8,11,14,18,21,24,27,34H,9-10,12-13,15-17H2,1-4H3,(H,31,35)/t21?,24-,27?/m0/s1. The number of carbonyl (C=O) groups excluding carboxylic acids is 1. The lowest BCUT2D eigenvalue weighted by atomic mass is 9.91. The summed E-state index contributed by atoms with van der Waals surface area (Å²) in [7, 11) is 0. The molecule has 0 bridgehead atoms. The summed E-state index contributed by atoms with van der Waals surface area (Å²) >= 11 is 0.